The molecular formula is C14H14N2O2S. The number of para-hydroxylation sites is 2. The Balaban J connectivity index is 2.01. The Morgan fingerprint density at radius 3 is 3.05 bits per heavy atom. The van der Waals surface area contributed by atoms with Gasteiger partial charge in [0.15, 0.2) is 10.9 Å². The number of Topliss-reactive ketones (excluding diaryl/α,β-unsaturated/α-hetero) is 1. The fourth-order valence-electron chi connectivity index (χ4n) is 2.08. The van der Waals surface area contributed by atoms with Gasteiger partial charge < -0.3 is 9.64 Å². The number of thiazole rings is 1. The number of ether oxygens (including phenoxy) is 1. The maximum absolute atomic E-state index is 11.4. The van der Waals surface area contributed by atoms with Crippen molar-refractivity contribution < 1.29 is 9.53 Å². The van der Waals surface area contributed by atoms with Crippen LogP contribution in [0.5, 0.6) is 5.75 Å². The molecule has 4 nitrogen and oxygen atoms in total. The van der Waals surface area contributed by atoms with Crippen LogP contribution in [0.25, 0.3) is 0 Å². The zero-order chi connectivity index (χ0) is 13.2. The minimum absolute atomic E-state index is 0.00172. The molecule has 0 fully saturated rings. The highest BCUT2D eigenvalue weighted by Gasteiger charge is 2.20. The average Bonchev–Trinajstić information content (AvgIpc) is 2.80. The summed E-state index contributed by atoms with van der Waals surface area (Å²) < 4.78 is 5.72. The van der Waals surface area contributed by atoms with E-state index in [2.05, 4.69) is 9.88 Å². The predicted octanol–water partition coefficient (Wildman–Crippen LogP) is 3.27. The van der Waals surface area contributed by atoms with Crippen LogP contribution in [0.15, 0.2) is 29.6 Å². The maximum atomic E-state index is 11.4. The molecule has 1 aromatic heterocycles. The van der Waals surface area contributed by atoms with Gasteiger partial charge in [-0.25, -0.2) is 4.98 Å². The molecule has 1 aliphatic heterocycles. The maximum Gasteiger partial charge on any atom is 0.190 e. The Morgan fingerprint density at radius 2 is 2.26 bits per heavy atom. The lowest BCUT2D eigenvalue weighted by atomic mass is 10.2. The summed E-state index contributed by atoms with van der Waals surface area (Å²) in [4.78, 5) is 17.9. The number of fused-ring (bicyclic) bond motifs is 1. The van der Waals surface area contributed by atoms with Crippen LogP contribution in [0.4, 0.5) is 10.8 Å². The smallest absolute Gasteiger partial charge is 0.190 e. The van der Waals surface area contributed by atoms with Gasteiger partial charge in [-0.15, -0.1) is 11.3 Å². The Kier molecular flexibility index (Phi) is 3.21. The summed E-state index contributed by atoms with van der Waals surface area (Å²) >= 11 is 1.50. The first-order valence-corrected chi connectivity index (χ1v) is 7.09. The van der Waals surface area contributed by atoms with E-state index in [-0.39, 0.29) is 5.78 Å². The number of hydrogen-bond donors (Lipinski definition) is 0. The summed E-state index contributed by atoms with van der Waals surface area (Å²) in [6, 6.07) is 7.94. The number of anilines is 2. The van der Waals surface area contributed by atoms with E-state index in [1.807, 2.05) is 29.6 Å². The van der Waals surface area contributed by atoms with Crippen molar-refractivity contribution in [2.24, 2.45) is 0 Å². The van der Waals surface area contributed by atoms with Crippen molar-refractivity contribution in [1.82, 2.24) is 4.98 Å². The van der Waals surface area contributed by atoms with Gasteiger partial charge in [0.2, 0.25) is 0 Å². The van der Waals surface area contributed by atoms with Crippen LogP contribution < -0.4 is 9.64 Å². The lowest BCUT2D eigenvalue weighted by Gasteiger charge is -2.20. The second-order valence-corrected chi connectivity index (χ2v) is 5.23. The number of rotatable bonds is 2. The van der Waals surface area contributed by atoms with Gasteiger partial charge in [-0.2, -0.15) is 0 Å². The summed E-state index contributed by atoms with van der Waals surface area (Å²) in [5.74, 6) is 0.876. The molecule has 5 heteroatoms. The summed E-state index contributed by atoms with van der Waals surface area (Å²) in [6.07, 6.45) is 0.934. The quantitative estimate of drug-likeness (QED) is 0.788. The Bertz CT molecular complexity index is 609. The van der Waals surface area contributed by atoms with Crippen LogP contribution in [0.3, 0.4) is 0 Å². The first-order chi connectivity index (χ1) is 9.25. The van der Waals surface area contributed by atoms with E-state index in [1.165, 1.54) is 18.3 Å². The Labute approximate surface area is 115 Å². The highest BCUT2D eigenvalue weighted by molar-refractivity contribution is 7.14. The van der Waals surface area contributed by atoms with Crippen LogP contribution in [-0.2, 0) is 0 Å². The Hall–Kier alpha value is -1.88. The fraction of sp³-hybridized carbons (Fsp3) is 0.286. The molecule has 0 amide bonds. The monoisotopic (exact) mass is 274 g/mol. The zero-order valence-electron chi connectivity index (χ0n) is 10.6. The topological polar surface area (TPSA) is 42.4 Å². The molecule has 19 heavy (non-hydrogen) atoms. The normalized spacial score (nSPS) is 14.5. The van der Waals surface area contributed by atoms with E-state index < -0.39 is 0 Å². The van der Waals surface area contributed by atoms with Crippen LogP contribution in [0.1, 0.15) is 23.8 Å². The van der Waals surface area contributed by atoms with Crippen LogP contribution >= 0.6 is 11.3 Å². The van der Waals surface area contributed by atoms with Crippen molar-refractivity contribution in [2.75, 3.05) is 18.1 Å². The second-order valence-electron chi connectivity index (χ2n) is 4.39. The van der Waals surface area contributed by atoms with Gasteiger partial charge in [-0.1, -0.05) is 12.1 Å². The van der Waals surface area contributed by atoms with Crippen molar-refractivity contribution in [3.05, 3.63) is 35.3 Å². The number of nitrogens with zero attached hydrogens (tertiary/aromatic N) is 2. The van der Waals surface area contributed by atoms with Crippen LogP contribution in [0, 0.1) is 0 Å². The summed E-state index contributed by atoms with van der Waals surface area (Å²) in [7, 11) is 0. The summed E-state index contributed by atoms with van der Waals surface area (Å²) in [5.41, 5.74) is 1.55. The molecule has 1 aromatic carbocycles. The third-order valence-corrected chi connectivity index (χ3v) is 3.89. The summed E-state index contributed by atoms with van der Waals surface area (Å²) in [5, 5.41) is 2.66. The second kappa shape index (κ2) is 5.01. The van der Waals surface area contributed by atoms with Crippen molar-refractivity contribution in [3.63, 3.8) is 0 Å². The molecule has 0 saturated heterocycles. The van der Waals surface area contributed by atoms with E-state index in [0.717, 1.165) is 29.5 Å². The van der Waals surface area contributed by atoms with Crippen molar-refractivity contribution >= 4 is 27.9 Å². The van der Waals surface area contributed by atoms with Crippen molar-refractivity contribution in [1.29, 1.82) is 0 Å². The lowest BCUT2D eigenvalue weighted by Crippen LogP contribution is -2.17. The number of carbonyl (C=O) groups is 1. The molecule has 3 rings (SSSR count). The first-order valence-electron chi connectivity index (χ1n) is 6.21. The van der Waals surface area contributed by atoms with E-state index in [4.69, 9.17) is 4.74 Å². The molecule has 2 heterocycles. The largest absolute Gasteiger partial charge is 0.491 e. The van der Waals surface area contributed by atoms with Crippen LogP contribution in [0.2, 0.25) is 0 Å². The van der Waals surface area contributed by atoms with Gasteiger partial charge in [-0.3, -0.25) is 4.79 Å². The van der Waals surface area contributed by atoms with Gasteiger partial charge in [0.05, 0.1) is 12.3 Å². The Morgan fingerprint density at radius 1 is 1.42 bits per heavy atom. The molecule has 0 atom stereocenters. The molecule has 0 N–H and O–H groups in total. The minimum atomic E-state index is 0.00172. The molecular weight excluding hydrogens is 260 g/mol. The molecule has 0 saturated carbocycles. The average molecular weight is 274 g/mol. The number of hydrogen-bond acceptors (Lipinski definition) is 5. The van der Waals surface area contributed by atoms with Gasteiger partial charge in [-0.05, 0) is 18.6 Å². The first kappa shape index (κ1) is 12.2. The molecule has 98 valence electrons. The number of ketones is 1. The molecule has 0 radical (unpaired) electrons. The van der Waals surface area contributed by atoms with E-state index in [9.17, 15) is 4.79 Å². The van der Waals surface area contributed by atoms with Gasteiger partial charge in [0, 0.05) is 18.8 Å². The SMILES string of the molecule is CC(=O)c1csc(N2CCCOc3ccccc32)n1. The molecule has 0 spiro atoms. The molecule has 2 aromatic rings. The highest BCUT2D eigenvalue weighted by Crippen LogP contribution is 2.37. The third kappa shape index (κ3) is 2.33. The van der Waals surface area contributed by atoms with E-state index >= 15 is 0 Å². The fourth-order valence-corrected chi connectivity index (χ4v) is 2.98. The van der Waals surface area contributed by atoms with E-state index in [1.54, 1.807) is 0 Å². The summed E-state index contributed by atoms with van der Waals surface area (Å²) in [6.45, 7) is 3.10. The molecule has 0 unspecified atom stereocenters. The number of aromatic nitrogens is 1. The lowest BCUT2D eigenvalue weighted by molar-refractivity contribution is 0.101. The third-order valence-electron chi connectivity index (χ3n) is 3.02. The van der Waals surface area contributed by atoms with Gasteiger partial charge in [0.25, 0.3) is 0 Å². The van der Waals surface area contributed by atoms with Crippen molar-refractivity contribution in [2.45, 2.75) is 13.3 Å². The van der Waals surface area contributed by atoms with E-state index in [0.29, 0.717) is 12.3 Å². The van der Waals surface area contributed by atoms with Crippen molar-refractivity contribution in [3.8, 4) is 5.75 Å². The number of benzene rings is 1. The van der Waals surface area contributed by atoms with Gasteiger partial charge in [0.1, 0.15) is 11.4 Å². The van der Waals surface area contributed by atoms with Crippen LogP contribution in [-0.4, -0.2) is 23.9 Å². The number of carbonyl (C=O) groups excluding carboxylic acids is 1. The zero-order valence-corrected chi connectivity index (χ0v) is 11.4. The highest BCUT2D eigenvalue weighted by atomic mass is 32.1. The minimum Gasteiger partial charge on any atom is -0.491 e. The van der Waals surface area contributed by atoms with Gasteiger partial charge >= 0.3 is 0 Å². The molecule has 0 aliphatic carbocycles. The standard InChI is InChI=1S/C14H14N2O2S/c1-10(17)11-9-19-14(15-11)16-7-4-8-18-13-6-3-2-5-12(13)16/h2-3,5-6,9H,4,7-8H2,1H3. The molecule has 0 bridgehead atoms. The predicted molar refractivity (Wildman–Crippen MR) is 75.7 cm³/mol. The molecule has 1 aliphatic rings.